The van der Waals surface area contributed by atoms with Crippen LogP contribution in [0.2, 0.25) is 0 Å². The molecule has 4 heterocycles. The van der Waals surface area contributed by atoms with Crippen molar-refractivity contribution in [3.05, 3.63) is 164 Å². The topological polar surface area (TPSA) is 8.17 Å². The molecule has 0 spiro atoms. The van der Waals surface area contributed by atoms with E-state index < -0.39 is 0 Å². The highest BCUT2D eigenvalue weighted by Gasteiger charge is 2.52. The van der Waals surface area contributed by atoms with Crippen LogP contribution in [0.3, 0.4) is 0 Å². The minimum Gasteiger partial charge on any atom is -0.336 e. The zero-order valence-electron chi connectivity index (χ0n) is 29.9. The van der Waals surface area contributed by atoms with Crippen molar-refractivity contribution in [2.45, 2.75) is 72.3 Å². The Kier molecular flexibility index (Phi) is 5.62. The lowest BCUT2D eigenvalue weighted by molar-refractivity contribution is 0.712. The summed E-state index contributed by atoms with van der Waals surface area (Å²) in [6.07, 6.45) is 12.1. The second-order valence-electron chi connectivity index (χ2n) is 16.0. The van der Waals surface area contributed by atoms with Crippen LogP contribution in [0.15, 0.2) is 125 Å². The van der Waals surface area contributed by atoms with E-state index in [4.69, 9.17) is 0 Å². The number of aryl methyl sites for hydroxylation is 3. The third-order valence-electron chi connectivity index (χ3n) is 12.9. The molecular formula is C48H42N2. The number of benzene rings is 4. The lowest BCUT2D eigenvalue weighted by atomic mass is 9.74. The summed E-state index contributed by atoms with van der Waals surface area (Å²) >= 11 is 0. The van der Waals surface area contributed by atoms with Crippen molar-refractivity contribution in [2.24, 2.45) is 5.92 Å². The number of rotatable bonds is 2. The molecule has 1 aromatic heterocycles. The standard InChI is InChI=1S/C48H42N2/c1-25-19-27(3)43(28(4)20-25)35-17-15-31-37-23-42-38(24-41(37)49-39-13-9-7-11-33(39)45(35)47(31)49)32-16-18-36(44-29(5)21-26(2)22-30(44)6)46-34-12-8-10-14-40(34)50(42)48(32)46/h7-21,23,30,38,45,47H,22,24H2,1-6H3/t30?,38?,45-,47?/m0/s1. The van der Waals surface area contributed by atoms with Gasteiger partial charge in [-0.1, -0.05) is 97.0 Å². The van der Waals surface area contributed by atoms with Crippen molar-refractivity contribution in [3.63, 3.8) is 0 Å². The van der Waals surface area contributed by atoms with Gasteiger partial charge in [-0.25, -0.2) is 0 Å². The second kappa shape index (κ2) is 9.79. The van der Waals surface area contributed by atoms with Gasteiger partial charge >= 0.3 is 0 Å². The Morgan fingerprint density at radius 1 is 0.740 bits per heavy atom. The molecule has 4 aromatic carbocycles. The Morgan fingerprint density at radius 3 is 2.32 bits per heavy atom. The van der Waals surface area contributed by atoms with E-state index in [1.54, 1.807) is 0 Å². The summed E-state index contributed by atoms with van der Waals surface area (Å²) in [5, 5.41) is 2.83. The number of fused-ring (bicyclic) bond motifs is 11. The molecule has 0 bridgehead atoms. The van der Waals surface area contributed by atoms with Gasteiger partial charge in [-0.05, 0) is 121 Å². The minimum atomic E-state index is 0.302. The Balaban J connectivity index is 1.14. The number of anilines is 1. The minimum absolute atomic E-state index is 0.302. The quantitative estimate of drug-likeness (QED) is 0.185. The maximum absolute atomic E-state index is 2.75. The van der Waals surface area contributed by atoms with E-state index in [-0.39, 0.29) is 0 Å². The van der Waals surface area contributed by atoms with Crippen LogP contribution in [0.5, 0.6) is 0 Å². The largest absolute Gasteiger partial charge is 0.336 e. The Labute approximate surface area is 295 Å². The van der Waals surface area contributed by atoms with Crippen molar-refractivity contribution >= 4 is 44.3 Å². The van der Waals surface area contributed by atoms with Gasteiger partial charge in [0.2, 0.25) is 0 Å². The van der Waals surface area contributed by atoms with Gasteiger partial charge in [0.05, 0.1) is 17.1 Å². The lowest BCUT2D eigenvalue weighted by Crippen LogP contribution is -2.32. The predicted molar refractivity (Wildman–Crippen MR) is 210 cm³/mol. The van der Waals surface area contributed by atoms with Crippen LogP contribution in [0, 0.1) is 26.7 Å². The van der Waals surface area contributed by atoms with Gasteiger partial charge in [-0.3, -0.25) is 0 Å². The molecule has 0 radical (unpaired) electrons. The van der Waals surface area contributed by atoms with E-state index in [0.29, 0.717) is 23.8 Å². The zero-order chi connectivity index (χ0) is 33.7. The fourth-order valence-electron chi connectivity index (χ4n) is 11.5. The van der Waals surface area contributed by atoms with Crippen molar-refractivity contribution in [1.29, 1.82) is 0 Å². The van der Waals surface area contributed by atoms with Crippen LogP contribution in [-0.4, -0.2) is 10.6 Å². The average Bonchev–Trinajstić information content (AvgIpc) is 3.80. The molecule has 2 heteroatoms. The van der Waals surface area contributed by atoms with Crippen LogP contribution in [0.1, 0.15) is 84.4 Å². The van der Waals surface area contributed by atoms with Gasteiger partial charge in [0.15, 0.2) is 0 Å². The third kappa shape index (κ3) is 3.49. The third-order valence-corrected chi connectivity index (χ3v) is 12.9. The van der Waals surface area contributed by atoms with E-state index in [9.17, 15) is 0 Å². The first-order valence-electron chi connectivity index (χ1n) is 18.6. The Hall–Kier alpha value is -5.08. The predicted octanol–water partition coefficient (Wildman–Crippen LogP) is 12.1. The van der Waals surface area contributed by atoms with Crippen LogP contribution >= 0.6 is 0 Å². The number of hydrogen-bond donors (Lipinski definition) is 0. The summed E-state index contributed by atoms with van der Waals surface area (Å²) in [4.78, 5) is 2.75. The highest BCUT2D eigenvalue weighted by atomic mass is 15.2. The second-order valence-corrected chi connectivity index (χ2v) is 16.0. The summed E-state index contributed by atoms with van der Waals surface area (Å²) in [6, 6.07) is 28.4. The number of nitrogens with zero attached hydrogens (tertiary/aromatic N) is 2. The lowest BCUT2D eigenvalue weighted by Gasteiger charge is -2.32. The van der Waals surface area contributed by atoms with E-state index in [1.807, 2.05) is 0 Å². The summed E-state index contributed by atoms with van der Waals surface area (Å²) in [7, 11) is 0. The Bertz CT molecular complexity index is 2600. The van der Waals surface area contributed by atoms with Gasteiger partial charge in [-0.2, -0.15) is 0 Å². The zero-order valence-corrected chi connectivity index (χ0v) is 29.9. The van der Waals surface area contributed by atoms with Crippen molar-refractivity contribution in [1.82, 2.24) is 4.57 Å². The molecule has 5 aromatic rings. The van der Waals surface area contributed by atoms with Gasteiger partial charge in [0.1, 0.15) is 0 Å². The molecule has 3 unspecified atom stereocenters. The molecule has 4 atom stereocenters. The normalized spacial score (nSPS) is 24.3. The first kappa shape index (κ1) is 28.7. The first-order valence-corrected chi connectivity index (χ1v) is 18.6. The van der Waals surface area contributed by atoms with Gasteiger partial charge in [0, 0.05) is 51.7 Å². The van der Waals surface area contributed by atoms with E-state index in [0.717, 1.165) is 12.8 Å². The Morgan fingerprint density at radius 2 is 1.50 bits per heavy atom. The molecule has 11 rings (SSSR count). The molecule has 3 aliphatic heterocycles. The molecule has 6 aliphatic rings. The number of hydrogen-bond acceptors (Lipinski definition) is 1. The summed E-state index contributed by atoms with van der Waals surface area (Å²) < 4.78 is 2.65. The van der Waals surface area contributed by atoms with Gasteiger partial charge in [-0.15, -0.1) is 0 Å². The molecule has 0 amide bonds. The molecule has 0 saturated heterocycles. The molecule has 0 N–H and O–H groups in total. The van der Waals surface area contributed by atoms with Crippen LogP contribution in [-0.2, 0) is 0 Å². The molecular weight excluding hydrogens is 605 g/mol. The fourth-order valence-corrected chi connectivity index (χ4v) is 11.5. The molecule has 0 saturated carbocycles. The molecule has 3 aliphatic carbocycles. The smallest absolute Gasteiger partial charge is 0.0705 e. The number of allylic oxidation sites excluding steroid dienone is 9. The van der Waals surface area contributed by atoms with Gasteiger partial charge < -0.3 is 9.47 Å². The number of para-hydroxylation sites is 2. The van der Waals surface area contributed by atoms with Crippen LogP contribution in [0.4, 0.5) is 5.69 Å². The maximum atomic E-state index is 2.75. The van der Waals surface area contributed by atoms with Crippen LogP contribution < -0.4 is 4.90 Å². The molecule has 2 nitrogen and oxygen atoms in total. The van der Waals surface area contributed by atoms with Crippen molar-refractivity contribution in [2.75, 3.05) is 4.90 Å². The maximum Gasteiger partial charge on any atom is 0.0705 e. The van der Waals surface area contributed by atoms with E-state index >= 15 is 0 Å². The monoisotopic (exact) mass is 646 g/mol. The molecule has 244 valence electrons. The SMILES string of the molecule is CC1=CC(C)=C(c2ccc3c4c2c2ccccc2n4C2=CC4=C(CC23)N2c3ccccc3[C@H]3C(c5c(C)cc(C)cc5C)=CC=C4C32)C(C)C1. The highest BCUT2D eigenvalue weighted by molar-refractivity contribution is 6.18. The summed E-state index contributed by atoms with van der Waals surface area (Å²) in [5.41, 5.74) is 25.9. The van der Waals surface area contributed by atoms with Crippen LogP contribution in [0.25, 0.3) is 38.6 Å². The van der Waals surface area contributed by atoms with E-state index in [2.05, 4.69) is 148 Å². The van der Waals surface area contributed by atoms with Gasteiger partial charge in [0.25, 0.3) is 0 Å². The van der Waals surface area contributed by atoms with Crippen molar-refractivity contribution < 1.29 is 0 Å². The summed E-state index contributed by atoms with van der Waals surface area (Å²) in [5.74, 6) is 1.16. The summed E-state index contributed by atoms with van der Waals surface area (Å²) in [6.45, 7) is 13.8. The highest BCUT2D eigenvalue weighted by Crippen LogP contribution is 2.63. The molecule has 0 fully saturated rings. The number of aromatic nitrogens is 1. The fraction of sp³-hybridized carbons (Fsp3) is 0.250. The average molecular weight is 647 g/mol. The molecule has 50 heavy (non-hydrogen) atoms. The van der Waals surface area contributed by atoms with Crippen molar-refractivity contribution in [3.8, 4) is 0 Å². The van der Waals surface area contributed by atoms with E-state index in [1.165, 1.54) is 111 Å². The first-order chi connectivity index (χ1) is 24.3.